The molecule has 1 aliphatic heterocycles. The van der Waals surface area contributed by atoms with E-state index in [1.165, 1.54) is 5.69 Å². The predicted molar refractivity (Wildman–Crippen MR) is 77.1 cm³/mol. The van der Waals surface area contributed by atoms with Gasteiger partial charge in [0, 0.05) is 37.4 Å². The molecule has 0 aromatic heterocycles. The lowest BCUT2D eigenvalue weighted by Crippen LogP contribution is -2.33. The zero-order chi connectivity index (χ0) is 13.5. The molecule has 1 aromatic rings. The summed E-state index contributed by atoms with van der Waals surface area (Å²) in [5.74, 6) is 0. The van der Waals surface area contributed by atoms with Gasteiger partial charge in [-0.3, -0.25) is 0 Å². The van der Waals surface area contributed by atoms with Gasteiger partial charge in [-0.2, -0.15) is 0 Å². The fraction of sp³-hybridized carbons (Fsp3) is 0.533. The van der Waals surface area contributed by atoms with Crippen molar-refractivity contribution in [2.24, 2.45) is 5.16 Å². The minimum Gasteiger partial charge on any atom is -0.411 e. The van der Waals surface area contributed by atoms with Gasteiger partial charge in [0.05, 0.1) is 5.71 Å². The molecule has 0 unspecified atom stereocenters. The van der Waals surface area contributed by atoms with Crippen LogP contribution in [0.3, 0.4) is 0 Å². The summed E-state index contributed by atoms with van der Waals surface area (Å²) in [6.45, 7) is 2.24. The Morgan fingerprint density at radius 3 is 2.68 bits per heavy atom. The lowest BCUT2D eigenvalue weighted by Gasteiger charge is -2.31. The molecule has 19 heavy (non-hydrogen) atoms. The van der Waals surface area contributed by atoms with Gasteiger partial charge >= 0.3 is 0 Å². The number of anilines is 1. The van der Waals surface area contributed by atoms with Gasteiger partial charge in [-0.1, -0.05) is 36.2 Å². The van der Waals surface area contributed by atoms with Crippen molar-refractivity contribution in [3.63, 3.8) is 0 Å². The van der Waals surface area contributed by atoms with E-state index in [9.17, 15) is 0 Å². The number of benzene rings is 1. The van der Waals surface area contributed by atoms with Crippen molar-refractivity contribution in [1.82, 2.24) is 0 Å². The molecule has 0 fully saturated rings. The summed E-state index contributed by atoms with van der Waals surface area (Å²) in [5, 5.41) is 21.2. The van der Waals surface area contributed by atoms with Crippen molar-refractivity contribution in [3.05, 3.63) is 29.8 Å². The van der Waals surface area contributed by atoms with Crippen LogP contribution in [0.4, 0.5) is 5.69 Å². The van der Waals surface area contributed by atoms with Crippen LogP contribution in [0.5, 0.6) is 0 Å². The Kier molecular flexibility index (Phi) is 5.21. The molecule has 2 rings (SSSR count). The Hall–Kier alpha value is -1.55. The van der Waals surface area contributed by atoms with E-state index in [0.717, 1.165) is 56.5 Å². The van der Waals surface area contributed by atoms with Gasteiger partial charge < -0.3 is 15.2 Å². The summed E-state index contributed by atoms with van der Waals surface area (Å²) in [6.07, 6.45) is 5.08. The summed E-state index contributed by atoms with van der Waals surface area (Å²) >= 11 is 0. The van der Waals surface area contributed by atoms with Crippen LogP contribution in [0.15, 0.2) is 29.4 Å². The molecule has 0 amide bonds. The number of para-hydroxylation sites is 1. The van der Waals surface area contributed by atoms with Crippen molar-refractivity contribution < 1.29 is 10.3 Å². The minimum atomic E-state index is 0.295. The number of unbranched alkanes of at least 4 members (excludes halogenated alkanes) is 3. The molecule has 1 aliphatic rings. The lowest BCUT2D eigenvalue weighted by atomic mass is 9.99. The van der Waals surface area contributed by atoms with E-state index in [4.69, 9.17) is 10.3 Å². The molecule has 0 saturated carbocycles. The highest BCUT2D eigenvalue weighted by Crippen LogP contribution is 2.27. The monoisotopic (exact) mass is 262 g/mol. The van der Waals surface area contributed by atoms with Crippen LogP contribution in [0.2, 0.25) is 0 Å². The average molecular weight is 262 g/mol. The number of aliphatic hydroxyl groups is 1. The normalized spacial score (nSPS) is 16.7. The molecule has 104 valence electrons. The van der Waals surface area contributed by atoms with Gasteiger partial charge in [-0.25, -0.2) is 0 Å². The summed E-state index contributed by atoms with van der Waals surface area (Å²) in [5.41, 5.74) is 3.00. The second-order valence-electron chi connectivity index (χ2n) is 4.94. The second kappa shape index (κ2) is 7.14. The third kappa shape index (κ3) is 3.47. The first-order valence-corrected chi connectivity index (χ1v) is 7.03. The maximum atomic E-state index is 9.04. The van der Waals surface area contributed by atoms with Crippen LogP contribution in [0.25, 0.3) is 0 Å². The summed E-state index contributed by atoms with van der Waals surface area (Å²) in [6, 6.07) is 8.11. The number of hydrogen-bond donors (Lipinski definition) is 2. The molecule has 0 spiro atoms. The van der Waals surface area contributed by atoms with E-state index < -0.39 is 0 Å². The fourth-order valence-corrected chi connectivity index (χ4v) is 2.59. The molecule has 1 aromatic carbocycles. The molecule has 0 atom stereocenters. The highest BCUT2D eigenvalue weighted by atomic mass is 16.4. The molecular weight excluding hydrogens is 240 g/mol. The Labute approximate surface area is 114 Å². The molecule has 4 nitrogen and oxygen atoms in total. The fourth-order valence-electron chi connectivity index (χ4n) is 2.59. The molecule has 0 aliphatic carbocycles. The van der Waals surface area contributed by atoms with Crippen molar-refractivity contribution in [2.45, 2.75) is 32.1 Å². The summed E-state index contributed by atoms with van der Waals surface area (Å²) in [7, 11) is 0. The van der Waals surface area contributed by atoms with Crippen LogP contribution in [0, 0.1) is 0 Å². The second-order valence-corrected chi connectivity index (χ2v) is 4.94. The average Bonchev–Trinajstić information content (AvgIpc) is 2.47. The quantitative estimate of drug-likeness (QED) is 0.471. The molecule has 1 heterocycles. The number of nitrogens with zero attached hydrogens (tertiary/aromatic N) is 2. The first-order chi connectivity index (χ1) is 9.36. The zero-order valence-electron chi connectivity index (χ0n) is 11.3. The number of aliphatic hydroxyl groups excluding tert-OH is 1. The number of oxime groups is 1. The SMILES string of the molecule is OCCCCCCN1CC/C(=N/O)c2ccccc21. The summed E-state index contributed by atoms with van der Waals surface area (Å²) < 4.78 is 0. The van der Waals surface area contributed by atoms with Gasteiger partial charge in [0.25, 0.3) is 0 Å². The highest BCUT2D eigenvalue weighted by molar-refractivity contribution is 6.06. The predicted octanol–water partition coefficient (Wildman–Crippen LogP) is 2.63. The summed E-state index contributed by atoms with van der Waals surface area (Å²) in [4.78, 5) is 2.36. The number of hydrogen-bond acceptors (Lipinski definition) is 4. The van der Waals surface area contributed by atoms with Crippen LogP contribution in [0.1, 0.15) is 37.7 Å². The molecular formula is C15H22N2O2. The number of fused-ring (bicyclic) bond motifs is 1. The van der Waals surface area contributed by atoms with Gasteiger partial charge in [0.2, 0.25) is 0 Å². The van der Waals surface area contributed by atoms with Gasteiger partial charge in [-0.05, 0) is 18.9 Å². The standard InChI is InChI=1S/C15H22N2O2/c18-12-6-2-1-5-10-17-11-9-14(16-19)13-7-3-4-8-15(13)17/h3-4,7-8,18-19H,1-2,5-6,9-12H2/b16-14-. The van der Waals surface area contributed by atoms with Crippen LogP contribution in [-0.4, -0.2) is 35.7 Å². The maximum absolute atomic E-state index is 9.04. The van der Waals surface area contributed by atoms with Gasteiger partial charge in [0.15, 0.2) is 0 Å². The maximum Gasteiger partial charge on any atom is 0.0906 e. The smallest absolute Gasteiger partial charge is 0.0906 e. The highest BCUT2D eigenvalue weighted by Gasteiger charge is 2.20. The molecule has 0 radical (unpaired) electrons. The third-order valence-corrected chi connectivity index (χ3v) is 3.63. The van der Waals surface area contributed by atoms with Crippen molar-refractivity contribution in [1.29, 1.82) is 0 Å². The van der Waals surface area contributed by atoms with Crippen molar-refractivity contribution in [3.8, 4) is 0 Å². The van der Waals surface area contributed by atoms with E-state index in [1.807, 2.05) is 18.2 Å². The Balaban J connectivity index is 1.96. The van der Waals surface area contributed by atoms with Gasteiger partial charge in [0.1, 0.15) is 0 Å². The first kappa shape index (κ1) is 13.9. The molecule has 0 bridgehead atoms. The number of rotatable bonds is 6. The van der Waals surface area contributed by atoms with E-state index in [-0.39, 0.29) is 0 Å². The largest absolute Gasteiger partial charge is 0.411 e. The topological polar surface area (TPSA) is 56.1 Å². The zero-order valence-corrected chi connectivity index (χ0v) is 11.3. The van der Waals surface area contributed by atoms with E-state index >= 15 is 0 Å². The Bertz CT molecular complexity index is 432. The van der Waals surface area contributed by atoms with Crippen LogP contribution in [-0.2, 0) is 0 Å². The van der Waals surface area contributed by atoms with Crippen molar-refractivity contribution in [2.75, 3.05) is 24.6 Å². The molecule has 0 saturated heterocycles. The van der Waals surface area contributed by atoms with Crippen molar-refractivity contribution >= 4 is 11.4 Å². The lowest BCUT2D eigenvalue weighted by molar-refractivity contribution is 0.282. The minimum absolute atomic E-state index is 0.295. The molecule has 2 N–H and O–H groups in total. The van der Waals surface area contributed by atoms with E-state index in [2.05, 4.69) is 16.1 Å². The Morgan fingerprint density at radius 1 is 1.11 bits per heavy atom. The van der Waals surface area contributed by atoms with Crippen LogP contribution >= 0.6 is 0 Å². The first-order valence-electron chi connectivity index (χ1n) is 7.03. The van der Waals surface area contributed by atoms with Crippen LogP contribution < -0.4 is 4.90 Å². The third-order valence-electron chi connectivity index (χ3n) is 3.63. The molecule has 4 heteroatoms. The Morgan fingerprint density at radius 2 is 1.89 bits per heavy atom. The van der Waals surface area contributed by atoms with Gasteiger partial charge in [-0.15, -0.1) is 0 Å². The van der Waals surface area contributed by atoms with E-state index in [1.54, 1.807) is 0 Å². The van der Waals surface area contributed by atoms with E-state index in [0.29, 0.717) is 6.61 Å².